The molecule has 7 amide bonds. The number of hydrogen-bond acceptors (Lipinski definition) is 11. The third-order valence-corrected chi connectivity index (χ3v) is 11.1. The van der Waals surface area contributed by atoms with Crippen molar-refractivity contribution in [2.45, 2.75) is 116 Å². The molecule has 0 bridgehead atoms. The van der Waals surface area contributed by atoms with Crippen molar-refractivity contribution in [1.82, 2.24) is 31.9 Å². The fourth-order valence-electron chi connectivity index (χ4n) is 5.57. The van der Waals surface area contributed by atoms with Crippen LogP contribution < -0.4 is 37.6 Å². The van der Waals surface area contributed by atoms with Gasteiger partial charge in [-0.1, -0.05) is 87.4 Å². The molecule has 9 N–H and O–H groups in total. The van der Waals surface area contributed by atoms with Crippen molar-refractivity contribution in [3.63, 3.8) is 0 Å². The van der Waals surface area contributed by atoms with Crippen LogP contribution in [0.3, 0.4) is 0 Å². The number of aliphatic carboxylic acids is 1. The molecule has 0 spiro atoms. The van der Waals surface area contributed by atoms with E-state index in [1.807, 2.05) is 62.4 Å². The number of nitrogens with one attached hydrogen (secondary N) is 6. The van der Waals surface area contributed by atoms with Gasteiger partial charge in [0.15, 0.2) is 0 Å². The number of nitrogens with two attached hydrogens (primary N) is 1. The van der Waals surface area contributed by atoms with Crippen LogP contribution in [0.25, 0.3) is 0 Å². The molecule has 0 aliphatic heterocycles. The number of carbonyl (C=O) groups is 8. The molecule has 2 aromatic rings. The van der Waals surface area contributed by atoms with Gasteiger partial charge in [-0.2, -0.15) is 23.5 Å². The van der Waals surface area contributed by atoms with Crippen molar-refractivity contribution in [3.8, 4) is 0 Å². The molecule has 17 nitrogen and oxygen atoms in total. The summed E-state index contributed by atoms with van der Waals surface area (Å²) < 4.78 is 5.39. The lowest BCUT2D eigenvalue weighted by molar-refractivity contribution is -0.139. The largest absolute Gasteiger partial charge is 0.480 e. The molecule has 0 saturated carbocycles. The number of carboxylic acid groups (broad SMARTS) is 1. The first-order valence-electron chi connectivity index (χ1n) is 20.2. The summed E-state index contributed by atoms with van der Waals surface area (Å²) in [6, 6.07) is 9.04. The highest BCUT2D eigenvalue weighted by Crippen LogP contribution is 2.17. The number of rotatable bonds is 24. The smallest absolute Gasteiger partial charge is 0.408 e. The highest BCUT2D eigenvalue weighted by molar-refractivity contribution is 7.98. The predicted octanol–water partition coefficient (Wildman–Crippen LogP) is 2.69. The lowest BCUT2D eigenvalue weighted by Crippen LogP contribution is -2.61. The zero-order chi connectivity index (χ0) is 46.7. The van der Waals surface area contributed by atoms with Crippen LogP contribution in [0.4, 0.5) is 4.79 Å². The molecule has 62 heavy (non-hydrogen) atoms. The van der Waals surface area contributed by atoms with Gasteiger partial charge >= 0.3 is 12.1 Å². The molecule has 0 saturated heterocycles. The van der Waals surface area contributed by atoms with E-state index in [0.29, 0.717) is 11.5 Å². The second-order valence-corrected chi connectivity index (χ2v) is 18.6. The Morgan fingerprint density at radius 3 is 1.45 bits per heavy atom. The predicted molar refractivity (Wildman–Crippen MR) is 240 cm³/mol. The Kier molecular flexibility index (Phi) is 21.8. The van der Waals surface area contributed by atoms with Crippen molar-refractivity contribution in [2.24, 2.45) is 17.6 Å². The minimum atomic E-state index is -1.58. The van der Waals surface area contributed by atoms with Crippen molar-refractivity contribution in [3.05, 3.63) is 70.8 Å². The van der Waals surface area contributed by atoms with Gasteiger partial charge in [-0.25, -0.2) is 4.79 Å². The Hall–Kier alpha value is -5.30. The molecule has 2 rings (SSSR count). The van der Waals surface area contributed by atoms with Gasteiger partial charge in [0.25, 0.3) is 0 Å². The first-order valence-corrected chi connectivity index (χ1v) is 22.5. The lowest BCUT2D eigenvalue weighted by atomic mass is 9.99. The zero-order valence-electron chi connectivity index (χ0n) is 36.9. The number of hydrogen-bond donors (Lipinski definition) is 8. The molecule has 0 radical (unpaired) electrons. The molecular weight excluding hydrogens is 839 g/mol. The van der Waals surface area contributed by atoms with E-state index in [2.05, 4.69) is 31.9 Å². The molecule has 0 heterocycles. The topological polar surface area (TPSA) is 264 Å². The van der Waals surface area contributed by atoms with Gasteiger partial charge in [-0.05, 0) is 57.6 Å². The SMILES string of the molecule is Cc1ccc(CSC[C@H](NC(=O)OC(C)(C)C)C(=O)N[C@@H](CC(N)=O)C(=O)N[C@@H](CSCc2ccc(C)cc2)C(=O)N[C@H](C(=O)N[C@H](C(=O)NCC(=O)O)C(C)C)C(C)C)cc1. The van der Waals surface area contributed by atoms with Crippen molar-refractivity contribution >= 4 is 71.0 Å². The van der Waals surface area contributed by atoms with Crippen molar-refractivity contribution < 1.29 is 48.2 Å². The summed E-state index contributed by atoms with van der Waals surface area (Å²) in [5.74, 6) is -6.17. The van der Waals surface area contributed by atoms with Gasteiger partial charge in [0.2, 0.25) is 35.4 Å². The minimum absolute atomic E-state index is 0.0141. The number of aryl methyl sites for hydroxylation is 2. The van der Waals surface area contributed by atoms with Gasteiger partial charge in [0.1, 0.15) is 42.4 Å². The Balaban J connectivity index is 2.38. The summed E-state index contributed by atoms with van der Waals surface area (Å²) in [4.78, 5) is 105. The molecule has 19 heteroatoms. The second-order valence-electron chi connectivity index (χ2n) is 16.6. The number of amides is 7. The van der Waals surface area contributed by atoms with E-state index in [4.69, 9.17) is 15.6 Å². The third-order valence-electron chi connectivity index (χ3n) is 8.93. The number of ether oxygens (including phenoxy) is 1. The van der Waals surface area contributed by atoms with Crippen molar-refractivity contribution in [2.75, 3.05) is 18.1 Å². The normalized spacial score (nSPS) is 13.7. The van der Waals surface area contributed by atoms with Crippen LogP contribution >= 0.6 is 23.5 Å². The summed E-state index contributed by atoms with van der Waals surface area (Å²) in [5, 5.41) is 24.3. The molecule has 0 aromatic heterocycles. The molecule has 5 atom stereocenters. The molecule has 0 aliphatic rings. The highest BCUT2D eigenvalue weighted by atomic mass is 32.2. The summed E-state index contributed by atoms with van der Waals surface area (Å²) in [7, 11) is 0. The van der Waals surface area contributed by atoms with E-state index in [9.17, 15) is 38.4 Å². The number of carboxylic acids is 1. The second kappa shape index (κ2) is 25.6. The molecule has 2 aromatic carbocycles. The van der Waals surface area contributed by atoms with Crippen LogP contribution in [0.15, 0.2) is 48.5 Å². The van der Waals surface area contributed by atoms with E-state index >= 15 is 0 Å². The minimum Gasteiger partial charge on any atom is -0.480 e. The van der Waals surface area contributed by atoms with Crippen LogP contribution in [0.1, 0.15) is 77.1 Å². The Labute approximate surface area is 372 Å². The van der Waals surface area contributed by atoms with E-state index in [1.54, 1.807) is 48.5 Å². The van der Waals surface area contributed by atoms with Crippen LogP contribution in [0.2, 0.25) is 0 Å². The van der Waals surface area contributed by atoms with Crippen LogP contribution in [0, 0.1) is 25.7 Å². The summed E-state index contributed by atoms with van der Waals surface area (Å²) in [6.45, 7) is 14.9. The maximum Gasteiger partial charge on any atom is 0.408 e. The number of thioether (sulfide) groups is 2. The average molecular weight is 902 g/mol. The molecule has 0 aliphatic carbocycles. The quantitative estimate of drug-likeness (QED) is 0.0757. The van der Waals surface area contributed by atoms with Crippen LogP contribution in [-0.2, 0) is 49.8 Å². The van der Waals surface area contributed by atoms with E-state index < -0.39 is 108 Å². The van der Waals surface area contributed by atoms with Crippen LogP contribution in [-0.4, -0.2) is 106 Å². The average Bonchev–Trinajstić information content (AvgIpc) is 3.17. The maximum atomic E-state index is 14.1. The van der Waals surface area contributed by atoms with E-state index in [-0.39, 0.29) is 11.5 Å². The monoisotopic (exact) mass is 901 g/mol. The van der Waals surface area contributed by atoms with Gasteiger partial charge in [-0.15, -0.1) is 0 Å². The van der Waals surface area contributed by atoms with Crippen molar-refractivity contribution in [1.29, 1.82) is 0 Å². The van der Waals surface area contributed by atoms with Gasteiger partial charge in [0, 0.05) is 23.0 Å². The molecular formula is C43H63N7O10S2. The van der Waals surface area contributed by atoms with Gasteiger partial charge in [-0.3, -0.25) is 33.6 Å². The molecule has 0 unspecified atom stereocenters. The Morgan fingerprint density at radius 2 is 1.02 bits per heavy atom. The first kappa shape index (κ1) is 52.8. The number of primary amides is 1. The van der Waals surface area contributed by atoms with E-state index in [1.165, 1.54) is 23.5 Å². The van der Waals surface area contributed by atoms with Gasteiger partial charge in [0.05, 0.1) is 6.42 Å². The maximum absolute atomic E-state index is 14.1. The fraction of sp³-hybridized carbons (Fsp3) is 0.535. The van der Waals surface area contributed by atoms with Gasteiger partial charge < -0.3 is 47.5 Å². The van der Waals surface area contributed by atoms with E-state index in [0.717, 1.165) is 22.3 Å². The number of alkyl carbamates (subject to hydrolysis) is 1. The molecule has 342 valence electrons. The van der Waals surface area contributed by atoms with Crippen LogP contribution in [0.5, 0.6) is 0 Å². The fourth-order valence-corrected chi connectivity index (χ4v) is 7.60. The number of carbonyl (C=O) groups excluding carboxylic acids is 7. The first-order chi connectivity index (χ1) is 28.9. The third kappa shape index (κ3) is 20.0. The molecule has 0 fully saturated rings. The zero-order valence-corrected chi connectivity index (χ0v) is 38.6. The summed E-state index contributed by atoms with van der Waals surface area (Å²) >= 11 is 2.65. The standard InChI is InChI=1S/C43H63N7O10S2/c1-24(2)35(40(57)45-19-34(52)53)50-41(58)36(25(3)4)49-39(56)31(22-61-20-28-14-10-26(5)11-15-28)47-37(54)30(18-33(44)51)46-38(55)32(48-42(59)60-43(7,8)9)23-62-21-29-16-12-27(6)13-17-29/h10-17,24-25,30-32,35-36H,18-23H2,1-9H3,(H2,44,51)(H,45,57)(H,46,55)(H,47,54)(H,48,59)(H,49,56)(H,50,58)(H,52,53)/t30-,31-,32-,35-,36-/m0/s1. The lowest BCUT2D eigenvalue weighted by Gasteiger charge is -2.29. The summed E-state index contributed by atoms with van der Waals surface area (Å²) in [5.41, 5.74) is 8.69. The Morgan fingerprint density at radius 1 is 0.613 bits per heavy atom. The number of benzene rings is 2. The summed E-state index contributed by atoms with van der Waals surface area (Å²) in [6.07, 6.45) is -1.54. The Bertz CT molecular complexity index is 1850. The highest BCUT2D eigenvalue weighted by Gasteiger charge is 2.35.